The molecule has 3 nitrogen and oxygen atoms in total. The highest BCUT2D eigenvalue weighted by Crippen LogP contribution is 2.14. The van der Waals surface area contributed by atoms with Crippen LogP contribution in [0.4, 0.5) is 0 Å². The van der Waals surface area contributed by atoms with Gasteiger partial charge in [-0.15, -0.1) is 0 Å². The number of thioether (sulfide) groups is 1. The van der Waals surface area contributed by atoms with Crippen LogP contribution < -0.4 is 5.73 Å². The van der Waals surface area contributed by atoms with E-state index in [9.17, 15) is 0 Å². The molecular weight excluding hydrogens is 206 g/mol. The van der Waals surface area contributed by atoms with E-state index in [1.807, 2.05) is 19.3 Å². The van der Waals surface area contributed by atoms with Gasteiger partial charge in [-0.3, -0.25) is 0 Å². The molecule has 0 saturated heterocycles. The number of hydrogen-bond acceptors (Lipinski definition) is 4. The van der Waals surface area contributed by atoms with Gasteiger partial charge in [-0.1, -0.05) is 25.1 Å². The molecule has 0 amide bonds. The summed E-state index contributed by atoms with van der Waals surface area (Å²) in [6.45, 7) is 4.18. The summed E-state index contributed by atoms with van der Waals surface area (Å²) < 4.78 is 0. The minimum Gasteiger partial charge on any atom is -0.328 e. The van der Waals surface area contributed by atoms with Gasteiger partial charge < -0.3 is 5.73 Å². The zero-order valence-corrected chi connectivity index (χ0v) is 10.3. The molecule has 1 atom stereocenters. The molecule has 0 saturated carbocycles. The average Bonchev–Trinajstić information content (AvgIpc) is 2.20. The van der Waals surface area contributed by atoms with E-state index in [0.29, 0.717) is 0 Å². The number of hydrogen-bond donors (Lipinski definition) is 1. The SMILES string of the molecule is CCCCSc1ncc(CC(C)N)cn1. The lowest BCUT2D eigenvalue weighted by Gasteiger charge is -2.04. The van der Waals surface area contributed by atoms with Crippen LogP contribution in [0.2, 0.25) is 0 Å². The van der Waals surface area contributed by atoms with Crippen molar-refractivity contribution in [3.05, 3.63) is 18.0 Å². The van der Waals surface area contributed by atoms with Crippen molar-refractivity contribution in [2.24, 2.45) is 5.73 Å². The van der Waals surface area contributed by atoms with Crippen molar-refractivity contribution in [1.29, 1.82) is 0 Å². The van der Waals surface area contributed by atoms with Crippen LogP contribution in [0.15, 0.2) is 17.6 Å². The van der Waals surface area contributed by atoms with Crippen LogP contribution in [-0.4, -0.2) is 21.8 Å². The molecule has 1 aromatic heterocycles. The lowest BCUT2D eigenvalue weighted by atomic mass is 10.1. The van der Waals surface area contributed by atoms with E-state index in [-0.39, 0.29) is 6.04 Å². The fourth-order valence-electron chi connectivity index (χ4n) is 1.20. The molecule has 0 fully saturated rings. The van der Waals surface area contributed by atoms with E-state index in [1.54, 1.807) is 11.8 Å². The van der Waals surface area contributed by atoms with Gasteiger partial charge in [-0.05, 0) is 25.3 Å². The van der Waals surface area contributed by atoms with Crippen LogP contribution in [0.25, 0.3) is 0 Å². The first-order chi connectivity index (χ1) is 7.22. The van der Waals surface area contributed by atoms with E-state index < -0.39 is 0 Å². The fourth-order valence-corrected chi connectivity index (χ4v) is 2.07. The molecule has 0 aliphatic rings. The van der Waals surface area contributed by atoms with Crippen LogP contribution in [0.3, 0.4) is 0 Å². The third kappa shape index (κ3) is 5.14. The zero-order valence-electron chi connectivity index (χ0n) is 9.44. The number of aromatic nitrogens is 2. The number of unbranched alkanes of at least 4 members (excludes halogenated alkanes) is 1. The predicted octanol–water partition coefficient (Wildman–Crippen LogP) is 2.26. The molecule has 2 N–H and O–H groups in total. The van der Waals surface area contributed by atoms with Crippen LogP contribution in [0.1, 0.15) is 32.3 Å². The third-order valence-corrected chi connectivity index (χ3v) is 2.93. The molecule has 0 aliphatic heterocycles. The van der Waals surface area contributed by atoms with Gasteiger partial charge in [-0.25, -0.2) is 9.97 Å². The lowest BCUT2D eigenvalue weighted by molar-refractivity contribution is 0.727. The highest BCUT2D eigenvalue weighted by atomic mass is 32.2. The first-order valence-corrected chi connectivity index (χ1v) is 6.40. The summed E-state index contributed by atoms with van der Waals surface area (Å²) in [6, 6.07) is 0.173. The highest BCUT2D eigenvalue weighted by Gasteiger charge is 2.00. The van der Waals surface area contributed by atoms with Gasteiger partial charge in [0.15, 0.2) is 5.16 Å². The van der Waals surface area contributed by atoms with E-state index in [1.165, 1.54) is 12.8 Å². The molecule has 0 bridgehead atoms. The second-order valence-corrected chi connectivity index (χ2v) is 4.82. The molecule has 1 unspecified atom stereocenters. The summed E-state index contributed by atoms with van der Waals surface area (Å²) in [6.07, 6.45) is 7.04. The van der Waals surface area contributed by atoms with Crippen molar-refractivity contribution >= 4 is 11.8 Å². The van der Waals surface area contributed by atoms with Crippen molar-refractivity contribution in [2.45, 2.75) is 44.3 Å². The Balaban J connectivity index is 2.42. The van der Waals surface area contributed by atoms with Crippen molar-refractivity contribution in [3.63, 3.8) is 0 Å². The Bertz CT molecular complexity index is 272. The normalized spacial score (nSPS) is 12.7. The van der Waals surface area contributed by atoms with E-state index in [0.717, 1.165) is 22.9 Å². The molecule has 1 rings (SSSR count). The first kappa shape index (κ1) is 12.5. The van der Waals surface area contributed by atoms with E-state index in [2.05, 4.69) is 16.9 Å². The second-order valence-electron chi connectivity index (χ2n) is 3.76. The maximum atomic E-state index is 5.70. The Hall–Kier alpha value is -0.610. The van der Waals surface area contributed by atoms with Crippen molar-refractivity contribution < 1.29 is 0 Å². The van der Waals surface area contributed by atoms with Gasteiger partial charge in [0.1, 0.15) is 0 Å². The molecule has 84 valence electrons. The van der Waals surface area contributed by atoms with Crippen LogP contribution in [0, 0.1) is 0 Å². The molecule has 0 aliphatic carbocycles. The topological polar surface area (TPSA) is 51.8 Å². The zero-order chi connectivity index (χ0) is 11.1. The van der Waals surface area contributed by atoms with E-state index >= 15 is 0 Å². The van der Waals surface area contributed by atoms with Crippen LogP contribution in [-0.2, 0) is 6.42 Å². The van der Waals surface area contributed by atoms with Gasteiger partial charge in [-0.2, -0.15) is 0 Å². The smallest absolute Gasteiger partial charge is 0.187 e. The molecule has 1 heterocycles. The van der Waals surface area contributed by atoms with Gasteiger partial charge in [0.05, 0.1) is 0 Å². The highest BCUT2D eigenvalue weighted by molar-refractivity contribution is 7.99. The van der Waals surface area contributed by atoms with Crippen LogP contribution in [0.5, 0.6) is 0 Å². The monoisotopic (exact) mass is 225 g/mol. The molecule has 0 spiro atoms. The van der Waals surface area contributed by atoms with Gasteiger partial charge in [0, 0.05) is 24.2 Å². The molecule has 1 aromatic rings. The molecule has 15 heavy (non-hydrogen) atoms. The Morgan fingerprint density at radius 1 is 1.40 bits per heavy atom. The lowest BCUT2D eigenvalue weighted by Crippen LogP contribution is -2.17. The summed E-state index contributed by atoms with van der Waals surface area (Å²) in [4.78, 5) is 8.60. The summed E-state index contributed by atoms with van der Waals surface area (Å²) >= 11 is 1.72. The second kappa shape index (κ2) is 6.80. The molecule has 0 aromatic carbocycles. The summed E-state index contributed by atoms with van der Waals surface area (Å²) in [5.41, 5.74) is 6.82. The number of nitrogens with zero attached hydrogens (tertiary/aromatic N) is 2. The van der Waals surface area contributed by atoms with Gasteiger partial charge in [0.25, 0.3) is 0 Å². The average molecular weight is 225 g/mol. The van der Waals surface area contributed by atoms with Gasteiger partial charge in [0.2, 0.25) is 0 Å². The summed E-state index contributed by atoms with van der Waals surface area (Å²) in [5, 5.41) is 0.872. The first-order valence-electron chi connectivity index (χ1n) is 5.41. The third-order valence-electron chi connectivity index (χ3n) is 1.97. The summed E-state index contributed by atoms with van der Waals surface area (Å²) in [5.74, 6) is 1.10. The Morgan fingerprint density at radius 2 is 2.07 bits per heavy atom. The number of rotatable bonds is 6. The molecule has 0 radical (unpaired) electrons. The minimum atomic E-state index is 0.173. The minimum absolute atomic E-state index is 0.173. The Morgan fingerprint density at radius 3 is 2.60 bits per heavy atom. The van der Waals surface area contributed by atoms with E-state index in [4.69, 9.17) is 5.73 Å². The molecule has 4 heteroatoms. The van der Waals surface area contributed by atoms with Crippen molar-refractivity contribution in [3.8, 4) is 0 Å². The van der Waals surface area contributed by atoms with Crippen LogP contribution >= 0.6 is 11.8 Å². The maximum Gasteiger partial charge on any atom is 0.187 e. The van der Waals surface area contributed by atoms with Gasteiger partial charge >= 0.3 is 0 Å². The number of nitrogens with two attached hydrogens (primary N) is 1. The maximum absolute atomic E-state index is 5.70. The summed E-state index contributed by atoms with van der Waals surface area (Å²) in [7, 11) is 0. The molecular formula is C11H19N3S. The Labute approximate surface area is 95.9 Å². The largest absolute Gasteiger partial charge is 0.328 e. The van der Waals surface area contributed by atoms with Crippen molar-refractivity contribution in [1.82, 2.24) is 9.97 Å². The van der Waals surface area contributed by atoms with Crippen molar-refractivity contribution in [2.75, 3.05) is 5.75 Å². The fraction of sp³-hybridized carbons (Fsp3) is 0.636. The predicted molar refractivity (Wildman–Crippen MR) is 65.0 cm³/mol. The Kier molecular flexibility index (Phi) is 5.65. The standard InChI is InChI=1S/C11H19N3S/c1-3-4-5-15-11-13-7-10(8-14-11)6-9(2)12/h7-9H,3-6,12H2,1-2H3. The quantitative estimate of drug-likeness (QED) is 0.458.